The fourth-order valence-corrected chi connectivity index (χ4v) is 2.69. The molecule has 0 bridgehead atoms. The zero-order valence-corrected chi connectivity index (χ0v) is 10.4. The van der Waals surface area contributed by atoms with Crippen LogP contribution >= 0.6 is 0 Å². The highest BCUT2D eigenvalue weighted by molar-refractivity contribution is 5.68. The molecule has 0 aliphatic carbocycles. The Bertz CT molecular complexity index is 624. The molecule has 1 fully saturated rings. The highest BCUT2D eigenvalue weighted by atomic mass is 16.4. The van der Waals surface area contributed by atoms with E-state index in [1.54, 1.807) is 4.52 Å². The van der Waals surface area contributed by atoms with Crippen LogP contribution in [0.15, 0.2) is 18.5 Å². The molecular formula is C12H15N5O2. The molecule has 1 atom stereocenters. The normalized spacial score (nSPS) is 19.8. The summed E-state index contributed by atoms with van der Waals surface area (Å²) in [6, 6.07) is 3.55. The molecule has 0 saturated carbocycles. The lowest BCUT2D eigenvalue weighted by Crippen LogP contribution is -2.38. The number of carboxylic acid groups (broad SMARTS) is 1. The van der Waals surface area contributed by atoms with Gasteiger partial charge in [0.25, 0.3) is 0 Å². The van der Waals surface area contributed by atoms with E-state index in [1.807, 2.05) is 12.1 Å². The van der Waals surface area contributed by atoms with Crippen LogP contribution in [0.3, 0.4) is 0 Å². The number of carbonyl (C=O) groups is 1. The van der Waals surface area contributed by atoms with Crippen LogP contribution in [0.4, 0.5) is 10.6 Å². The average molecular weight is 261 g/mol. The molecule has 1 saturated heterocycles. The molecule has 3 N–H and O–H groups in total. The van der Waals surface area contributed by atoms with Crippen molar-refractivity contribution in [1.82, 2.24) is 19.5 Å². The molecule has 1 aliphatic heterocycles. The van der Waals surface area contributed by atoms with Gasteiger partial charge in [-0.25, -0.2) is 14.3 Å². The van der Waals surface area contributed by atoms with Gasteiger partial charge in [-0.2, -0.15) is 5.10 Å². The Balaban J connectivity index is 2.07. The smallest absolute Gasteiger partial charge is 0.407 e. The molecule has 1 amide bonds. The van der Waals surface area contributed by atoms with Gasteiger partial charge in [-0.05, 0) is 31.4 Å². The second kappa shape index (κ2) is 4.42. The molecule has 0 radical (unpaired) electrons. The van der Waals surface area contributed by atoms with Crippen molar-refractivity contribution in [1.29, 1.82) is 0 Å². The van der Waals surface area contributed by atoms with Crippen molar-refractivity contribution in [3.8, 4) is 0 Å². The number of anilines is 1. The molecular weight excluding hydrogens is 246 g/mol. The zero-order chi connectivity index (χ0) is 13.4. The van der Waals surface area contributed by atoms with Crippen molar-refractivity contribution in [2.24, 2.45) is 0 Å². The summed E-state index contributed by atoms with van der Waals surface area (Å²) in [7, 11) is 0. The number of nitrogen functional groups attached to an aromatic ring is 1. The van der Waals surface area contributed by atoms with E-state index in [0.717, 1.165) is 25.0 Å². The maximum absolute atomic E-state index is 11.3. The van der Waals surface area contributed by atoms with E-state index in [2.05, 4.69) is 10.1 Å². The van der Waals surface area contributed by atoms with Crippen LogP contribution in [0.2, 0.25) is 0 Å². The maximum Gasteiger partial charge on any atom is 0.407 e. The minimum atomic E-state index is -0.887. The second-order valence-electron chi connectivity index (χ2n) is 4.69. The number of amides is 1. The number of nitrogens with zero attached hydrogens (tertiary/aromatic N) is 4. The van der Waals surface area contributed by atoms with Crippen LogP contribution in [0.25, 0.3) is 5.52 Å². The van der Waals surface area contributed by atoms with Crippen LogP contribution < -0.4 is 5.73 Å². The third-order valence-corrected chi connectivity index (χ3v) is 3.60. The van der Waals surface area contributed by atoms with Crippen molar-refractivity contribution in [2.75, 3.05) is 12.3 Å². The molecule has 0 aromatic carbocycles. The molecule has 2 aromatic heterocycles. The molecule has 1 aliphatic rings. The van der Waals surface area contributed by atoms with Gasteiger partial charge in [0.1, 0.15) is 11.8 Å². The summed E-state index contributed by atoms with van der Waals surface area (Å²) >= 11 is 0. The van der Waals surface area contributed by atoms with Crippen molar-refractivity contribution in [2.45, 2.75) is 25.3 Å². The summed E-state index contributed by atoms with van der Waals surface area (Å²) in [5.74, 6) is 0.402. The number of rotatable bonds is 1. The second-order valence-corrected chi connectivity index (χ2v) is 4.69. The highest BCUT2D eigenvalue weighted by Gasteiger charge is 2.30. The topological polar surface area (TPSA) is 96.8 Å². The number of fused-ring (bicyclic) bond motifs is 1. The summed E-state index contributed by atoms with van der Waals surface area (Å²) in [4.78, 5) is 16.7. The first kappa shape index (κ1) is 11.8. The van der Waals surface area contributed by atoms with Gasteiger partial charge in [-0.15, -0.1) is 0 Å². The molecule has 7 heteroatoms. The highest BCUT2D eigenvalue weighted by Crippen LogP contribution is 2.32. The quantitative estimate of drug-likeness (QED) is 0.811. The van der Waals surface area contributed by atoms with Crippen LogP contribution in [-0.4, -0.2) is 37.2 Å². The van der Waals surface area contributed by atoms with Gasteiger partial charge >= 0.3 is 6.09 Å². The van der Waals surface area contributed by atoms with Gasteiger partial charge in [0, 0.05) is 6.54 Å². The average Bonchev–Trinajstić information content (AvgIpc) is 2.84. The molecule has 100 valence electrons. The van der Waals surface area contributed by atoms with E-state index >= 15 is 0 Å². The van der Waals surface area contributed by atoms with Crippen molar-refractivity contribution in [3.63, 3.8) is 0 Å². The summed E-state index contributed by atoms with van der Waals surface area (Å²) < 4.78 is 1.69. The third kappa shape index (κ3) is 1.87. The Morgan fingerprint density at radius 2 is 2.26 bits per heavy atom. The van der Waals surface area contributed by atoms with Crippen molar-refractivity contribution in [3.05, 3.63) is 24.2 Å². The standard InChI is InChI=1S/C12H15N5O2/c13-11-10-5-4-9(17(10)15-7-14-11)8-3-1-2-6-16(8)12(18)19/h4-5,7-8H,1-3,6H2,(H,18,19)(H2,13,14,15). The molecule has 0 spiro atoms. The largest absolute Gasteiger partial charge is 0.465 e. The number of nitrogens with two attached hydrogens (primary N) is 1. The van der Waals surface area contributed by atoms with Crippen LogP contribution in [-0.2, 0) is 0 Å². The third-order valence-electron chi connectivity index (χ3n) is 3.60. The van der Waals surface area contributed by atoms with Crippen molar-refractivity contribution >= 4 is 17.4 Å². The molecule has 3 rings (SSSR count). The Kier molecular flexibility index (Phi) is 2.73. The number of hydrogen-bond donors (Lipinski definition) is 2. The van der Waals surface area contributed by atoms with Crippen LogP contribution in [0, 0.1) is 0 Å². The first-order chi connectivity index (χ1) is 9.18. The lowest BCUT2D eigenvalue weighted by molar-refractivity contribution is 0.104. The van der Waals surface area contributed by atoms with Gasteiger partial charge in [0.05, 0.1) is 11.7 Å². The number of piperidine rings is 1. The molecule has 1 unspecified atom stereocenters. The summed E-state index contributed by atoms with van der Waals surface area (Å²) in [6.07, 6.45) is 3.23. The van der Waals surface area contributed by atoms with Gasteiger partial charge in [-0.1, -0.05) is 0 Å². The van der Waals surface area contributed by atoms with E-state index in [-0.39, 0.29) is 6.04 Å². The monoisotopic (exact) mass is 261 g/mol. The van der Waals surface area contributed by atoms with E-state index in [4.69, 9.17) is 5.73 Å². The summed E-state index contributed by atoms with van der Waals surface area (Å²) in [5.41, 5.74) is 7.36. The van der Waals surface area contributed by atoms with Gasteiger partial charge in [0.15, 0.2) is 5.82 Å². The fraction of sp³-hybridized carbons (Fsp3) is 0.417. The van der Waals surface area contributed by atoms with E-state index < -0.39 is 6.09 Å². The summed E-state index contributed by atoms with van der Waals surface area (Å²) in [6.45, 7) is 0.563. The maximum atomic E-state index is 11.3. The molecule has 3 heterocycles. The van der Waals surface area contributed by atoms with Crippen molar-refractivity contribution < 1.29 is 9.90 Å². The van der Waals surface area contributed by atoms with E-state index in [1.165, 1.54) is 11.2 Å². The predicted octanol–water partition coefficient (Wildman–Crippen LogP) is 1.52. The van der Waals surface area contributed by atoms with Crippen LogP contribution in [0.1, 0.15) is 31.0 Å². The zero-order valence-electron chi connectivity index (χ0n) is 10.4. The Morgan fingerprint density at radius 1 is 1.42 bits per heavy atom. The molecule has 7 nitrogen and oxygen atoms in total. The van der Waals surface area contributed by atoms with Gasteiger partial charge in [-0.3, -0.25) is 4.90 Å². The Hall–Kier alpha value is -2.31. The summed E-state index contributed by atoms with van der Waals surface area (Å²) in [5, 5.41) is 13.5. The first-order valence-corrected chi connectivity index (χ1v) is 6.26. The molecule has 2 aromatic rings. The minimum Gasteiger partial charge on any atom is -0.465 e. The fourth-order valence-electron chi connectivity index (χ4n) is 2.69. The predicted molar refractivity (Wildman–Crippen MR) is 68.7 cm³/mol. The van der Waals surface area contributed by atoms with E-state index in [0.29, 0.717) is 17.9 Å². The van der Waals surface area contributed by atoms with Gasteiger partial charge in [0.2, 0.25) is 0 Å². The number of hydrogen-bond acceptors (Lipinski definition) is 4. The Morgan fingerprint density at radius 3 is 3.05 bits per heavy atom. The number of likely N-dealkylation sites (tertiary alicyclic amines) is 1. The van der Waals surface area contributed by atoms with Crippen LogP contribution in [0.5, 0.6) is 0 Å². The SMILES string of the molecule is Nc1ncnn2c(C3CCCCN3C(=O)O)ccc12. The first-order valence-electron chi connectivity index (χ1n) is 6.26. The Labute approximate surface area is 109 Å². The molecule has 19 heavy (non-hydrogen) atoms. The van der Waals surface area contributed by atoms with E-state index in [9.17, 15) is 9.90 Å². The lowest BCUT2D eigenvalue weighted by atomic mass is 10.00. The number of aromatic nitrogens is 3. The lowest BCUT2D eigenvalue weighted by Gasteiger charge is -2.33. The minimum absolute atomic E-state index is 0.164. The van der Waals surface area contributed by atoms with Gasteiger partial charge < -0.3 is 10.8 Å².